The fraction of sp³-hybridized carbons (Fsp3) is 0.357. The number of nitrogens with one attached hydrogen (secondary N) is 1. The summed E-state index contributed by atoms with van der Waals surface area (Å²) in [5.74, 6) is 0. The third-order valence-electron chi connectivity index (χ3n) is 2.81. The number of nitrogens with zero attached hydrogens (tertiary/aromatic N) is 3. The van der Waals surface area contributed by atoms with Gasteiger partial charge in [-0.25, -0.2) is 0 Å². The Balaban J connectivity index is 1.99. The first-order chi connectivity index (χ1) is 8.90. The number of hydrogen-bond donors (Lipinski definition) is 1. The van der Waals surface area contributed by atoms with Crippen LogP contribution in [0.4, 0.5) is 0 Å². The van der Waals surface area contributed by atoms with E-state index in [9.17, 15) is 0 Å². The van der Waals surface area contributed by atoms with Crippen LogP contribution in [0.2, 0.25) is 0 Å². The molecule has 0 fully saturated rings. The van der Waals surface area contributed by atoms with Gasteiger partial charge in [0.05, 0.1) is 11.7 Å². The van der Waals surface area contributed by atoms with E-state index in [0.29, 0.717) is 0 Å². The zero-order valence-electron chi connectivity index (χ0n) is 10.6. The Morgan fingerprint density at radius 3 is 2.78 bits per heavy atom. The summed E-state index contributed by atoms with van der Waals surface area (Å²) in [6.07, 6.45) is 9.01. The molecular weight excluding hydrogens is 224 g/mol. The molecule has 2 heterocycles. The highest BCUT2D eigenvalue weighted by Crippen LogP contribution is 2.15. The van der Waals surface area contributed by atoms with Gasteiger partial charge in [-0.1, -0.05) is 13.0 Å². The number of aromatic nitrogens is 3. The highest BCUT2D eigenvalue weighted by Gasteiger charge is 2.11. The molecule has 2 aromatic heterocycles. The van der Waals surface area contributed by atoms with Crippen LogP contribution in [-0.4, -0.2) is 21.5 Å². The van der Waals surface area contributed by atoms with E-state index in [4.69, 9.17) is 0 Å². The van der Waals surface area contributed by atoms with E-state index in [2.05, 4.69) is 33.3 Å². The first-order valence-corrected chi connectivity index (χ1v) is 6.29. The molecule has 4 nitrogen and oxygen atoms in total. The minimum atomic E-state index is 0.241. The Hall–Kier alpha value is -1.81. The first kappa shape index (κ1) is 12.6. The molecule has 0 bridgehead atoms. The Labute approximate surface area is 108 Å². The Morgan fingerprint density at radius 2 is 2.11 bits per heavy atom. The molecular formula is C14H18N4. The quantitative estimate of drug-likeness (QED) is 0.843. The van der Waals surface area contributed by atoms with E-state index >= 15 is 0 Å². The fourth-order valence-electron chi connectivity index (χ4n) is 1.93. The lowest BCUT2D eigenvalue weighted by molar-refractivity contribution is 0.499. The summed E-state index contributed by atoms with van der Waals surface area (Å²) in [7, 11) is 0. The molecule has 0 spiro atoms. The maximum atomic E-state index is 4.36. The van der Waals surface area contributed by atoms with Gasteiger partial charge in [0, 0.05) is 30.5 Å². The zero-order valence-corrected chi connectivity index (χ0v) is 10.6. The molecule has 2 aromatic rings. The van der Waals surface area contributed by atoms with Crippen molar-refractivity contribution in [2.24, 2.45) is 0 Å². The van der Waals surface area contributed by atoms with Crippen LogP contribution in [0.1, 0.15) is 30.8 Å². The lowest BCUT2D eigenvalue weighted by Crippen LogP contribution is -2.22. The van der Waals surface area contributed by atoms with Crippen molar-refractivity contribution in [2.75, 3.05) is 6.54 Å². The number of aryl methyl sites for hydroxylation is 1. The van der Waals surface area contributed by atoms with E-state index in [1.807, 2.05) is 24.5 Å². The van der Waals surface area contributed by atoms with E-state index in [1.54, 1.807) is 12.4 Å². The maximum Gasteiger partial charge on any atom is 0.0756 e. The van der Waals surface area contributed by atoms with Gasteiger partial charge in [0.15, 0.2) is 0 Å². The standard InChI is InChI=1S/C14H18N4/c1-2-16-13(14-11-15-9-10-18-14)7-6-12-5-3-4-8-17-12/h3-5,8-11,13,16H,2,6-7H2,1H3. The molecule has 0 radical (unpaired) electrons. The van der Waals surface area contributed by atoms with Gasteiger partial charge in [-0.3, -0.25) is 15.0 Å². The van der Waals surface area contributed by atoms with Crippen molar-refractivity contribution in [3.63, 3.8) is 0 Å². The average molecular weight is 242 g/mol. The van der Waals surface area contributed by atoms with Crippen LogP contribution in [0.5, 0.6) is 0 Å². The summed E-state index contributed by atoms with van der Waals surface area (Å²) in [4.78, 5) is 12.8. The van der Waals surface area contributed by atoms with Crippen molar-refractivity contribution >= 4 is 0 Å². The normalized spacial score (nSPS) is 12.3. The van der Waals surface area contributed by atoms with Crippen LogP contribution in [-0.2, 0) is 6.42 Å². The molecule has 0 aliphatic rings. The second kappa shape index (κ2) is 6.81. The molecule has 4 heteroatoms. The van der Waals surface area contributed by atoms with Gasteiger partial charge in [0.25, 0.3) is 0 Å². The molecule has 1 atom stereocenters. The first-order valence-electron chi connectivity index (χ1n) is 6.29. The maximum absolute atomic E-state index is 4.36. The Bertz CT molecular complexity index is 444. The van der Waals surface area contributed by atoms with Gasteiger partial charge in [-0.2, -0.15) is 0 Å². The summed E-state index contributed by atoms with van der Waals surface area (Å²) in [6, 6.07) is 6.26. The van der Waals surface area contributed by atoms with Gasteiger partial charge in [0.1, 0.15) is 0 Å². The van der Waals surface area contributed by atoms with Crippen LogP contribution in [0.25, 0.3) is 0 Å². The molecule has 94 valence electrons. The lowest BCUT2D eigenvalue weighted by atomic mass is 10.1. The topological polar surface area (TPSA) is 50.7 Å². The van der Waals surface area contributed by atoms with Gasteiger partial charge in [-0.15, -0.1) is 0 Å². The van der Waals surface area contributed by atoms with Gasteiger partial charge >= 0.3 is 0 Å². The number of hydrogen-bond acceptors (Lipinski definition) is 4. The van der Waals surface area contributed by atoms with Crippen LogP contribution in [0, 0.1) is 0 Å². The molecule has 0 saturated heterocycles. The second-order valence-corrected chi connectivity index (χ2v) is 4.10. The Kier molecular flexibility index (Phi) is 4.78. The fourth-order valence-corrected chi connectivity index (χ4v) is 1.93. The molecule has 18 heavy (non-hydrogen) atoms. The van der Waals surface area contributed by atoms with Gasteiger partial charge < -0.3 is 5.32 Å². The predicted octanol–water partition coefficient (Wildman–Crippen LogP) is 2.16. The summed E-state index contributed by atoms with van der Waals surface area (Å²) < 4.78 is 0. The third-order valence-corrected chi connectivity index (χ3v) is 2.81. The van der Waals surface area contributed by atoms with E-state index in [-0.39, 0.29) is 6.04 Å². The number of rotatable bonds is 6. The van der Waals surface area contributed by atoms with E-state index in [1.165, 1.54) is 0 Å². The largest absolute Gasteiger partial charge is 0.309 e. The summed E-state index contributed by atoms with van der Waals surface area (Å²) in [6.45, 7) is 3.02. The smallest absolute Gasteiger partial charge is 0.0756 e. The molecule has 1 unspecified atom stereocenters. The van der Waals surface area contributed by atoms with Crippen molar-refractivity contribution in [1.82, 2.24) is 20.3 Å². The minimum absolute atomic E-state index is 0.241. The van der Waals surface area contributed by atoms with Gasteiger partial charge in [0.2, 0.25) is 0 Å². The lowest BCUT2D eigenvalue weighted by Gasteiger charge is -2.16. The highest BCUT2D eigenvalue weighted by molar-refractivity contribution is 5.07. The van der Waals surface area contributed by atoms with Crippen molar-refractivity contribution < 1.29 is 0 Å². The van der Waals surface area contributed by atoms with Crippen LogP contribution < -0.4 is 5.32 Å². The van der Waals surface area contributed by atoms with E-state index in [0.717, 1.165) is 30.8 Å². The highest BCUT2D eigenvalue weighted by atomic mass is 14.9. The van der Waals surface area contributed by atoms with Crippen molar-refractivity contribution in [3.05, 3.63) is 54.4 Å². The number of pyridine rings is 1. The van der Waals surface area contributed by atoms with E-state index < -0.39 is 0 Å². The summed E-state index contributed by atoms with van der Waals surface area (Å²) in [5.41, 5.74) is 2.11. The van der Waals surface area contributed by atoms with Crippen LogP contribution >= 0.6 is 0 Å². The minimum Gasteiger partial charge on any atom is -0.309 e. The van der Waals surface area contributed by atoms with Crippen molar-refractivity contribution in [3.8, 4) is 0 Å². The van der Waals surface area contributed by atoms with Crippen LogP contribution in [0.3, 0.4) is 0 Å². The monoisotopic (exact) mass is 242 g/mol. The molecule has 2 rings (SSSR count). The molecule has 0 saturated carbocycles. The predicted molar refractivity (Wildman–Crippen MR) is 71.0 cm³/mol. The third kappa shape index (κ3) is 3.60. The van der Waals surface area contributed by atoms with Crippen molar-refractivity contribution in [2.45, 2.75) is 25.8 Å². The molecule has 0 amide bonds. The Morgan fingerprint density at radius 1 is 1.17 bits per heavy atom. The molecule has 0 aromatic carbocycles. The summed E-state index contributed by atoms with van der Waals surface area (Å²) in [5, 5.41) is 3.44. The van der Waals surface area contributed by atoms with Gasteiger partial charge in [-0.05, 0) is 31.5 Å². The summed E-state index contributed by atoms with van der Waals surface area (Å²) >= 11 is 0. The molecule has 0 aliphatic heterocycles. The average Bonchev–Trinajstić information content (AvgIpc) is 2.45. The zero-order chi connectivity index (χ0) is 12.6. The molecule has 0 aliphatic carbocycles. The van der Waals surface area contributed by atoms with Crippen LogP contribution in [0.15, 0.2) is 43.0 Å². The molecule has 1 N–H and O–H groups in total. The second-order valence-electron chi connectivity index (χ2n) is 4.10. The SMILES string of the molecule is CCNC(CCc1ccccn1)c1cnccn1. The van der Waals surface area contributed by atoms with Crippen molar-refractivity contribution in [1.29, 1.82) is 0 Å².